The van der Waals surface area contributed by atoms with Crippen LogP contribution < -0.4 is 0 Å². The summed E-state index contributed by atoms with van der Waals surface area (Å²) in [6, 6.07) is 3.89. The first-order valence-corrected chi connectivity index (χ1v) is 1.96. The zero-order valence-electron chi connectivity index (χ0n) is 4.11. The SMILES string of the molecule is O=NO.c1cc[nH]c1. The maximum Gasteiger partial charge on any atom is 0.152 e. The molecule has 44 valence electrons. The molecule has 8 heavy (non-hydrogen) atoms. The maximum atomic E-state index is 8.11. The van der Waals surface area contributed by atoms with Crippen LogP contribution in [-0.4, -0.2) is 10.2 Å². The molecule has 0 unspecified atom stereocenters. The second kappa shape index (κ2) is 5.68. The van der Waals surface area contributed by atoms with Gasteiger partial charge in [-0.25, -0.2) is 0 Å². The van der Waals surface area contributed by atoms with E-state index in [4.69, 9.17) is 10.1 Å². The molecule has 2 N–H and O–H groups in total. The molecule has 0 aliphatic carbocycles. The molecule has 0 aliphatic heterocycles. The van der Waals surface area contributed by atoms with Gasteiger partial charge in [0.15, 0.2) is 5.34 Å². The summed E-state index contributed by atoms with van der Waals surface area (Å²) in [5, 5.41) is 7.89. The van der Waals surface area contributed by atoms with E-state index < -0.39 is 0 Å². The van der Waals surface area contributed by atoms with Crippen molar-refractivity contribution in [3.8, 4) is 0 Å². The molecule has 0 aliphatic rings. The fourth-order valence-corrected chi connectivity index (χ4v) is 0.278. The van der Waals surface area contributed by atoms with E-state index in [1.165, 1.54) is 5.34 Å². The molecule has 0 fully saturated rings. The Hall–Kier alpha value is -1.32. The third-order valence-corrected chi connectivity index (χ3v) is 0.496. The summed E-state index contributed by atoms with van der Waals surface area (Å²) in [5.74, 6) is 0. The van der Waals surface area contributed by atoms with Gasteiger partial charge < -0.3 is 10.2 Å². The molecule has 0 saturated carbocycles. The highest BCUT2D eigenvalue weighted by Gasteiger charge is 1.55. The molecule has 0 aromatic carbocycles. The van der Waals surface area contributed by atoms with Crippen molar-refractivity contribution in [1.82, 2.24) is 4.98 Å². The topological polar surface area (TPSA) is 65.4 Å². The van der Waals surface area contributed by atoms with E-state index in [0.29, 0.717) is 0 Å². The highest BCUT2D eigenvalue weighted by atomic mass is 16.6. The Morgan fingerprint density at radius 3 is 1.88 bits per heavy atom. The molecule has 1 aromatic heterocycles. The van der Waals surface area contributed by atoms with Gasteiger partial charge in [0.05, 0.1) is 0 Å². The van der Waals surface area contributed by atoms with Gasteiger partial charge in [-0.15, -0.1) is 4.91 Å². The van der Waals surface area contributed by atoms with Gasteiger partial charge in [0.2, 0.25) is 0 Å². The molecule has 0 saturated heterocycles. The van der Waals surface area contributed by atoms with Crippen molar-refractivity contribution >= 4 is 0 Å². The summed E-state index contributed by atoms with van der Waals surface area (Å²) in [7, 11) is 0. The highest BCUT2D eigenvalue weighted by Crippen LogP contribution is 1.72. The van der Waals surface area contributed by atoms with Crippen LogP contribution in [0, 0.1) is 4.91 Å². The maximum absolute atomic E-state index is 8.11. The normalized spacial score (nSPS) is 6.50. The minimum absolute atomic E-state index is 1.25. The van der Waals surface area contributed by atoms with Crippen molar-refractivity contribution in [3.63, 3.8) is 0 Å². The molecule has 4 heteroatoms. The van der Waals surface area contributed by atoms with E-state index >= 15 is 0 Å². The predicted molar refractivity (Wildman–Crippen MR) is 28.4 cm³/mol. The van der Waals surface area contributed by atoms with Crippen molar-refractivity contribution in [1.29, 1.82) is 0 Å². The minimum Gasteiger partial charge on any atom is -0.379 e. The largest absolute Gasteiger partial charge is 0.379 e. The summed E-state index contributed by atoms with van der Waals surface area (Å²) >= 11 is 0. The quantitative estimate of drug-likeness (QED) is 0.392. The molecular weight excluding hydrogens is 108 g/mol. The molecule has 0 atom stereocenters. The van der Waals surface area contributed by atoms with Crippen molar-refractivity contribution in [2.45, 2.75) is 0 Å². The summed E-state index contributed by atoms with van der Waals surface area (Å²) in [6.07, 6.45) is 3.75. The average molecular weight is 114 g/mol. The van der Waals surface area contributed by atoms with Crippen LogP contribution in [0.4, 0.5) is 0 Å². The van der Waals surface area contributed by atoms with Crippen LogP contribution in [-0.2, 0) is 0 Å². The van der Waals surface area contributed by atoms with Gasteiger partial charge in [-0.3, -0.25) is 0 Å². The Balaban J connectivity index is 0.000000145. The number of rotatable bonds is 0. The van der Waals surface area contributed by atoms with Crippen LogP contribution in [0.3, 0.4) is 0 Å². The van der Waals surface area contributed by atoms with E-state index in [9.17, 15) is 0 Å². The third-order valence-electron chi connectivity index (χ3n) is 0.496. The van der Waals surface area contributed by atoms with Gasteiger partial charge in [-0.1, -0.05) is 0 Å². The smallest absolute Gasteiger partial charge is 0.152 e. The lowest BCUT2D eigenvalue weighted by Crippen LogP contribution is -1.38. The van der Waals surface area contributed by atoms with Crippen LogP contribution in [0.2, 0.25) is 0 Å². The molecule has 1 aromatic rings. The van der Waals surface area contributed by atoms with Gasteiger partial charge in [0.1, 0.15) is 0 Å². The third kappa shape index (κ3) is 4.68. The Morgan fingerprint density at radius 2 is 1.75 bits per heavy atom. The first-order chi connectivity index (χ1) is 3.91. The van der Waals surface area contributed by atoms with E-state index in [-0.39, 0.29) is 0 Å². The summed E-state index contributed by atoms with van der Waals surface area (Å²) in [4.78, 5) is 11.0. The van der Waals surface area contributed by atoms with Crippen molar-refractivity contribution in [3.05, 3.63) is 29.4 Å². The highest BCUT2D eigenvalue weighted by molar-refractivity contribution is 4.84. The number of hydrogen-bond acceptors (Lipinski definition) is 2. The molecule has 0 radical (unpaired) electrons. The Labute approximate surface area is 46.1 Å². The van der Waals surface area contributed by atoms with E-state index in [1.807, 2.05) is 24.5 Å². The molecule has 1 heterocycles. The fraction of sp³-hybridized carbons (Fsp3) is 0. The Bertz CT molecular complexity index is 98.4. The summed E-state index contributed by atoms with van der Waals surface area (Å²) in [6.45, 7) is 0. The number of hydrogen-bond donors (Lipinski definition) is 2. The van der Waals surface area contributed by atoms with Crippen molar-refractivity contribution in [2.75, 3.05) is 0 Å². The molecule has 4 nitrogen and oxygen atoms in total. The molecular formula is C4H6N2O2. The molecule has 0 bridgehead atoms. The van der Waals surface area contributed by atoms with Crippen molar-refractivity contribution in [2.24, 2.45) is 5.34 Å². The van der Waals surface area contributed by atoms with Gasteiger partial charge in [-0.2, -0.15) is 0 Å². The van der Waals surface area contributed by atoms with Crippen LogP contribution in [0.15, 0.2) is 29.9 Å². The van der Waals surface area contributed by atoms with Crippen molar-refractivity contribution < 1.29 is 5.21 Å². The number of nitrogens with zero attached hydrogens (tertiary/aromatic N) is 1. The second-order valence-corrected chi connectivity index (χ2v) is 0.967. The molecule has 0 spiro atoms. The lowest BCUT2D eigenvalue weighted by Gasteiger charge is -1.49. The molecule has 0 amide bonds. The minimum atomic E-state index is 1.25. The zero-order valence-corrected chi connectivity index (χ0v) is 4.11. The lowest BCUT2D eigenvalue weighted by atomic mass is 10.7. The monoisotopic (exact) mass is 114 g/mol. The lowest BCUT2D eigenvalue weighted by molar-refractivity contribution is 0.312. The van der Waals surface area contributed by atoms with Crippen LogP contribution >= 0.6 is 0 Å². The summed E-state index contributed by atoms with van der Waals surface area (Å²) in [5.41, 5.74) is 0. The first kappa shape index (κ1) is 6.68. The van der Waals surface area contributed by atoms with Gasteiger partial charge in [0.25, 0.3) is 0 Å². The zero-order chi connectivity index (χ0) is 6.24. The fourth-order valence-electron chi connectivity index (χ4n) is 0.278. The second-order valence-electron chi connectivity index (χ2n) is 0.967. The van der Waals surface area contributed by atoms with E-state index in [1.54, 1.807) is 0 Å². The van der Waals surface area contributed by atoms with Crippen LogP contribution in [0.5, 0.6) is 0 Å². The Morgan fingerprint density at radius 1 is 1.38 bits per heavy atom. The number of nitrogens with one attached hydrogen (secondary N) is 1. The van der Waals surface area contributed by atoms with E-state index in [2.05, 4.69) is 4.98 Å². The summed E-state index contributed by atoms with van der Waals surface area (Å²) < 4.78 is 0. The van der Waals surface area contributed by atoms with E-state index in [0.717, 1.165) is 0 Å². The number of H-pyrrole nitrogens is 1. The first-order valence-electron chi connectivity index (χ1n) is 1.96. The Kier molecular flexibility index (Phi) is 4.74. The average Bonchev–Trinajstić information content (AvgIpc) is 2.17. The van der Waals surface area contributed by atoms with Gasteiger partial charge in [-0.05, 0) is 12.1 Å². The molecule has 1 rings (SSSR count). The van der Waals surface area contributed by atoms with Crippen LogP contribution in [0.25, 0.3) is 0 Å². The number of aromatic amines is 1. The number of aromatic nitrogens is 1. The standard InChI is InChI=1S/C4H5N.HNO2/c1-2-4-5-3-1;2-1-3/h1-5H;(H,2,3). The predicted octanol–water partition coefficient (Wildman–Crippen LogP) is 1.16. The van der Waals surface area contributed by atoms with Crippen LogP contribution in [0.1, 0.15) is 0 Å². The van der Waals surface area contributed by atoms with Gasteiger partial charge >= 0.3 is 0 Å². The van der Waals surface area contributed by atoms with Gasteiger partial charge in [0, 0.05) is 12.4 Å².